The van der Waals surface area contributed by atoms with Crippen LogP contribution in [0.4, 0.5) is 11.4 Å². The monoisotopic (exact) mass is 298 g/mol. The predicted molar refractivity (Wildman–Crippen MR) is 75.1 cm³/mol. The summed E-state index contributed by atoms with van der Waals surface area (Å²) in [7, 11) is 0. The van der Waals surface area contributed by atoms with Crippen molar-refractivity contribution in [3.05, 3.63) is 16.9 Å². The van der Waals surface area contributed by atoms with Gasteiger partial charge in [-0.25, -0.2) is 0 Å². The van der Waals surface area contributed by atoms with Crippen LogP contribution in [0.1, 0.15) is 19.8 Å². The van der Waals surface area contributed by atoms with Gasteiger partial charge in [0.25, 0.3) is 0 Å². The lowest BCUT2D eigenvalue weighted by atomic mass is 10.3. The molecule has 0 saturated heterocycles. The van der Waals surface area contributed by atoms with Gasteiger partial charge in [-0.3, -0.25) is 9.88 Å². The van der Waals surface area contributed by atoms with Crippen LogP contribution in [-0.4, -0.2) is 35.6 Å². The number of likely N-dealkylation sites (N-methyl/N-ethyl adjacent to an activating group) is 1. The lowest BCUT2D eigenvalue weighted by molar-refractivity contribution is 0.289. The van der Waals surface area contributed by atoms with Gasteiger partial charge in [-0.15, -0.1) is 0 Å². The van der Waals surface area contributed by atoms with Crippen LogP contribution in [-0.2, 0) is 0 Å². The van der Waals surface area contributed by atoms with Crippen molar-refractivity contribution in [3.63, 3.8) is 0 Å². The maximum absolute atomic E-state index is 5.87. The maximum atomic E-state index is 5.87. The largest absolute Gasteiger partial charge is 0.396 e. The fraction of sp³-hybridized carbons (Fsp3) is 0.583. The van der Waals surface area contributed by atoms with Crippen molar-refractivity contribution in [2.75, 3.05) is 30.7 Å². The SMILES string of the molecule is CCN(CCNc1c(N)cncc1Br)C1CC1. The summed E-state index contributed by atoms with van der Waals surface area (Å²) in [5.74, 6) is 0. The van der Waals surface area contributed by atoms with Gasteiger partial charge in [-0.05, 0) is 35.3 Å². The van der Waals surface area contributed by atoms with Crippen molar-refractivity contribution in [3.8, 4) is 0 Å². The Morgan fingerprint density at radius 2 is 2.29 bits per heavy atom. The van der Waals surface area contributed by atoms with Crippen molar-refractivity contribution in [1.82, 2.24) is 9.88 Å². The summed E-state index contributed by atoms with van der Waals surface area (Å²) >= 11 is 3.45. The number of hydrogen-bond acceptors (Lipinski definition) is 4. The Hall–Kier alpha value is -0.810. The van der Waals surface area contributed by atoms with Gasteiger partial charge in [0.15, 0.2) is 0 Å². The topological polar surface area (TPSA) is 54.2 Å². The molecule has 0 spiro atoms. The molecule has 3 N–H and O–H groups in total. The number of nitrogen functional groups attached to an aromatic ring is 1. The zero-order chi connectivity index (χ0) is 12.3. The second kappa shape index (κ2) is 5.69. The van der Waals surface area contributed by atoms with E-state index in [0.717, 1.165) is 35.8 Å². The Morgan fingerprint density at radius 3 is 2.88 bits per heavy atom. The maximum Gasteiger partial charge on any atom is 0.0750 e. The molecule has 0 radical (unpaired) electrons. The van der Waals surface area contributed by atoms with E-state index in [0.29, 0.717) is 5.69 Å². The zero-order valence-electron chi connectivity index (χ0n) is 10.1. The van der Waals surface area contributed by atoms with Crippen molar-refractivity contribution in [1.29, 1.82) is 0 Å². The molecule has 0 bridgehead atoms. The first-order valence-electron chi connectivity index (χ1n) is 6.09. The van der Waals surface area contributed by atoms with Gasteiger partial charge >= 0.3 is 0 Å². The third-order valence-electron chi connectivity index (χ3n) is 3.10. The third-order valence-corrected chi connectivity index (χ3v) is 3.70. The summed E-state index contributed by atoms with van der Waals surface area (Å²) in [4.78, 5) is 6.53. The van der Waals surface area contributed by atoms with Gasteiger partial charge in [0, 0.05) is 25.3 Å². The van der Waals surface area contributed by atoms with Crippen LogP contribution >= 0.6 is 15.9 Å². The molecule has 94 valence electrons. The fourth-order valence-electron chi connectivity index (χ4n) is 2.00. The van der Waals surface area contributed by atoms with Crippen molar-refractivity contribution < 1.29 is 0 Å². The smallest absolute Gasteiger partial charge is 0.0750 e. The number of aromatic nitrogens is 1. The van der Waals surface area contributed by atoms with Gasteiger partial charge in [-0.2, -0.15) is 0 Å². The molecule has 1 aliphatic rings. The van der Waals surface area contributed by atoms with Gasteiger partial charge in [0.2, 0.25) is 0 Å². The molecule has 0 atom stereocenters. The molecule has 4 nitrogen and oxygen atoms in total. The summed E-state index contributed by atoms with van der Waals surface area (Å²) in [6.45, 7) is 5.32. The summed E-state index contributed by atoms with van der Waals surface area (Å²) in [5.41, 5.74) is 7.51. The molecule has 0 aliphatic heterocycles. The van der Waals surface area contributed by atoms with E-state index in [1.807, 2.05) is 0 Å². The Morgan fingerprint density at radius 1 is 1.53 bits per heavy atom. The number of anilines is 2. The first-order chi connectivity index (χ1) is 8.22. The van der Waals surface area contributed by atoms with Crippen LogP contribution in [0.2, 0.25) is 0 Å². The predicted octanol–water partition coefficient (Wildman–Crippen LogP) is 2.32. The average Bonchev–Trinajstić information content (AvgIpc) is 3.12. The lowest BCUT2D eigenvalue weighted by Gasteiger charge is -2.20. The first-order valence-corrected chi connectivity index (χ1v) is 6.88. The Balaban J connectivity index is 1.85. The average molecular weight is 299 g/mol. The molecular formula is C12H19BrN4. The number of nitrogens with two attached hydrogens (primary N) is 1. The molecule has 1 saturated carbocycles. The fourth-order valence-corrected chi connectivity index (χ4v) is 2.49. The molecule has 0 unspecified atom stereocenters. The molecule has 2 rings (SSSR count). The molecule has 1 aromatic rings. The van der Waals surface area contributed by atoms with E-state index >= 15 is 0 Å². The molecule has 0 amide bonds. The molecule has 1 heterocycles. The molecule has 1 fully saturated rings. The van der Waals surface area contributed by atoms with E-state index in [-0.39, 0.29) is 0 Å². The van der Waals surface area contributed by atoms with Crippen molar-refractivity contribution >= 4 is 27.3 Å². The second-order valence-electron chi connectivity index (χ2n) is 4.37. The summed E-state index contributed by atoms with van der Waals surface area (Å²) in [6.07, 6.45) is 6.15. The summed E-state index contributed by atoms with van der Waals surface area (Å²) < 4.78 is 0.923. The Labute approximate surface area is 111 Å². The number of nitrogens with zero attached hydrogens (tertiary/aromatic N) is 2. The van der Waals surface area contributed by atoms with E-state index in [1.165, 1.54) is 12.8 Å². The van der Waals surface area contributed by atoms with Crippen LogP contribution in [0, 0.1) is 0 Å². The van der Waals surface area contributed by atoms with E-state index in [4.69, 9.17) is 5.73 Å². The highest BCUT2D eigenvalue weighted by Gasteiger charge is 2.27. The number of nitrogens with one attached hydrogen (secondary N) is 1. The minimum atomic E-state index is 0.689. The van der Waals surface area contributed by atoms with Crippen molar-refractivity contribution in [2.45, 2.75) is 25.8 Å². The van der Waals surface area contributed by atoms with Gasteiger partial charge in [-0.1, -0.05) is 6.92 Å². The molecule has 5 heteroatoms. The Kier molecular flexibility index (Phi) is 4.23. The Bertz CT molecular complexity index is 359. The number of hydrogen-bond donors (Lipinski definition) is 2. The minimum Gasteiger partial charge on any atom is -0.396 e. The van der Waals surface area contributed by atoms with Gasteiger partial charge < -0.3 is 11.1 Å². The minimum absolute atomic E-state index is 0.689. The summed E-state index contributed by atoms with van der Waals surface area (Å²) in [6, 6.07) is 0.819. The first kappa shape index (κ1) is 12.6. The van der Waals surface area contributed by atoms with Crippen LogP contribution in [0.25, 0.3) is 0 Å². The van der Waals surface area contributed by atoms with Crippen LogP contribution < -0.4 is 11.1 Å². The molecular weight excluding hydrogens is 280 g/mol. The highest BCUT2D eigenvalue weighted by Crippen LogP contribution is 2.28. The number of rotatable bonds is 6. The normalized spacial score (nSPS) is 15.2. The van der Waals surface area contributed by atoms with Gasteiger partial charge in [0.05, 0.1) is 22.0 Å². The van der Waals surface area contributed by atoms with E-state index in [2.05, 4.69) is 38.1 Å². The second-order valence-corrected chi connectivity index (χ2v) is 5.23. The van der Waals surface area contributed by atoms with E-state index in [9.17, 15) is 0 Å². The van der Waals surface area contributed by atoms with E-state index < -0.39 is 0 Å². The van der Waals surface area contributed by atoms with Gasteiger partial charge in [0.1, 0.15) is 0 Å². The third kappa shape index (κ3) is 3.33. The quantitative estimate of drug-likeness (QED) is 0.846. The highest BCUT2D eigenvalue weighted by molar-refractivity contribution is 9.10. The summed E-state index contributed by atoms with van der Waals surface area (Å²) in [5, 5.41) is 3.38. The molecule has 1 aliphatic carbocycles. The van der Waals surface area contributed by atoms with Crippen LogP contribution in [0.5, 0.6) is 0 Å². The zero-order valence-corrected chi connectivity index (χ0v) is 11.7. The van der Waals surface area contributed by atoms with Crippen LogP contribution in [0.15, 0.2) is 16.9 Å². The molecule has 0 aromatic carbocycles. The van der Waals surface area contributed by atoms with Crippen molar-refractivity contribution in [2.24, 2.45) is 0 Å². The molecule has 17 heavy (non-hydrogen) atoms. The van der Waals surface area contributed by atoms with Crippen LogP contribution in [0.3, 0.4) is 0 Å². The standard InChI is InChI=1S/C12H19BrN4/c1-2-17(9-3-4-9)6-5-16-12-10(13)7-15-8-11(12)14/h7-9H,2-6,14H2,1H3,(H,15,16). The molecule has 1 aromatic heterocycles. The van der Waals surface area contributed by atoms with E-state index in [1.54, 1.807) is 12.4 Å². The highest BCUT2D eigenvalue weighted by atomic mass is 79.9. The number of halogens is 1. The number of pyridine rings is 1. The lowest BCUT2D eigenvalue weighted by Crippen LogP contribution is -2.31.